The lowest BCUT2D eigenvalue weighted by atomic mass is 10.1. The van der Waals surface area contributed by atoms with Crippen LogP contribution in [0.5, 0.6) is 0 Å². The van der Waals surface area contributed by atoms with E-state index in [1.165, 1.54) is 11.1 Å². The van der Waals surface area contributed by atoms with E-state index < -0.39 is 0 Å². The highest BCUT2D eigenvalue weighted by atomic mass is 32.1. The highest BCUT2D eigenvalue weighted by molar-refractivity contribution is 7.17. The van der Waals surface area contributed by atoms with Crippen LogP contribution in [0.2, 0.25) is 0 Å². The monoisotopic (exact) mass is 402 g/mol. The minimum Gasteiger partial charge on any atom is -0.354 e. The molecule has 0 aliphatic carbocycles. The summed E-state index contributed by atoms with van der Waals surface area (Å²) in [4.78, 5) is 24.2. The maximum absolute atomic E-state index is 4.89. The van der Waals surface area contributed by atoms with Gasteiger partial charge in [0.15, 0.2) is 0 Å². The molecule has 1 aromatic carbocycles. The average Bonchev–Trinajstić information content (AvgIpc) is 3.03. The number of benzene rings is 1. The molecular weight excluding hydrogens is 380 g/mol. The fourth-order valence-corrected chi connectivity index (χ4v) is 4.86. The van der Waals surface area contributed by atoms with Gasteiger partial charge >= 0.3 is 0 Å². The van der Waals surface area contributed by atoms with Crippen molar-refractivity contribution in [2.45, 2.75) is 13.3 Å². The Morgan fingerprint density at radius 2 is 1.62 bits per heavy atom. The van der Waals surface area contributed by atoms with E-state index in [4.69, 9.17) is 9.97 Å². The number of rotatable bonds is 3. The van der Waals surface area contributed by atoms with Crippen LogP contribution in [0.1, 0.15) is 12.2 Å². The fourth-order valence-electron chi connectivity index (χ4n) is 3.87. The highest BCUT2D eigenvalue weighted by Crippen LogP contribution is 2.38. The van der Waals surface area contributed by atoms with Crippen LogP contribution in [0, 0.1) is 6.92 Å². The summed E-state index contributed by atoms with van der Waals surface area (Å²) < 4.78 is 0. The molecule has 4 heterocycles. The maximum atomic E-state index is 4.89. The zero-order valence-corrected chi connectivity index (χ0v) is 17.1. The number of fused-ring (bicyclic) bond motifs is 1. The van der Waals surface area contributed by atoms with Crippen LogP contribution in [0.3, 0.4) is 0 Å². The Kier molecular flexibility index (Phi) is 4.81. The number of thiophene rings is 1. The van der Waals surface area contributed by atoms with Gasteiger partial charge in [0.25, 0.3) is 0 Å². The minimum atomic E-state index is 0.805. The normalized spacial score (nSPS) is 14.9. The predicted molar refractivity (Wildman–Crippen MR) is 119 cm³/mol. The molecular formula is C22H22N6S. The Morgan fingerprint density at radius 3 is 2.45 bits per heavy atom. The summed E-state index contributed by atoms with van der Waals surface area (Å²) >= 11 is 1.70. The number of hydrogen-bond donors (Lipinski definition) is 0. The second-order valence-corrected chi connectivity index (χ2v) is 8.02. The van der Waals surface area contributed by atoms with Gasteiger partial charge in [0.1, 0.15) is 16.5 Å². The first-order chi connectivity index (χ1) is 14.3. The van der Waals surface area contributed by atoms with Crippen LogP contribution >= 0.6 is 11.3 Å². The zero-order chi connectivity index (χ0) is 19.6. The summed E-state index contributed by atoms with van der Waals surface area (Å²) in [5, 5.41) is 3.37. The van der Waals surface area contributed by atoms with Crippen LogP contribution in [-0.4, -0.2) is 46.1 Å². The van der Waals surface area contributed by atoms with Crippen molar-refractivity contribution in [2.24, 2.45) is 0 Å². The van der Waals surface area contributed by atoms with E-state index in [9.17, 15) is 0 Å². The Labute approximate surface area is 173 Å². The SMILES string of the molecule is Cc1nc(N2CCCN(c3ncccn3)CC2)c2c(-c3ccccc3)csc2n1. The largest absolute Gasteiger partial charge is 0.354 e. The summed E-state index contributed by atoms with van der Waals surface area (Å²) in [5.74, 6) is 2.67. The lowest BCUT2D eigenvalue weighted by Crippen LogP contribution is -2.32. The Balaban J connectivity index is 1.52. The van der Waals surface area contributed by atoms with E-state index in [-0.39, 0.29) is 0 Å². The van der Waals surface area contributed by atoms with Crippen molar-refractivity contribution in [1.29, 1.82) is 0 Å². The number of hydrogen-bond acceptors (Lipinski definition) is 7. The Bertz CT molecular complexity index is 1110. The van der Waals surface area contributed by atoms with Gasteiger partial charge in [0, 0.05) is 49.5 Å². The Morgan fingerprint density at radius 1 is 0.862 bits per heavy atom. The van der Waals surface area contributed by atoms with Crippen molar-refractivity contribution in [3.63, 3.8) is 0 Å². The summed E-state index contributed by atoms with van der Waals surface area (Å²) in [6.45, 7) is 5.64. The van der Waals surface area contributed by atoms with Crippen molar-refractivity contribution in [3.8, 4) is 11.1 Å². The summed E-state index contributed by atoms with van der Waals surface area (Å²) in [6, 6.07) is 12.4. The van der Waals surface area contributed by atoms with E-state index in [0.717, 1.165) is 60.4 Å². The third kappa shape index (κ3) is 3.53. The van der Waals surface area contributed by atoms with E-state index in [2.05, 4.69) is 55.5 Å². The number of anilines is 2. The molecule has 29 heavy (non-hydrogen) atoms. The average molecular weight is 403 g/mol. The van der Waals surface area contributed by atoms with Crippen molar-refractivity contribution in [3.05, 3.63) is 60.0 Å². The van der Waals surface area contributed by atoms with E-state index in [0.29, 0.717) is 0 Å². The number of nitrogens with zero attached hydrogens (tertiary/aromatic N) is 6. The van der Waals surface area contributed by atoms with Crippen molar-refractivity contribution in [2.75, 3.05) is 36.0 Å². The minimum absolute atomic E-state index is 0.805. The summed E-state index contributed by atoms with van der Waals surface area (Å²) in [6.07, 6.45) is 4.65. The molecule has 1 saturated heterocycles. The predicted octanol–water partition coefficient (Wildman–Crippen LogP) is 4.17. The standard InChI is InChI=1S/C22H22N6S/c1-16-25-20(19-18(15-29-21(19)26-16)17-7-3-2-4-8-17)27-11-6-12-28(14-13-27)22-23-9-5-10-24-22/h2-5,7-10,15H,6,11-14H2,1H3. The van der Waals surface area contributed by atoms with Gasteiger partial charge in [-0.25, -0.2) is 19.9 Å². The van der Waals surface area contributed by atoms with Crippen molar-refractivity contribution < 1.29 is 0 Å². The van der Waals surface area contributed by atoms with E-state index in [1.54, 1.807) is 23.7 Å². The molecule has 0 unspecified atom stereocenters. The van der Waals surface area contributed by atoms with Gasteiger partial charge in [-0.2, -0.15) is 0 Å². The third-order valence-corrected chi connectivity index (χ3v) is 6.11. The van der Waals surface area contributed by atoms with Crippen LogP contribution in [0.25, 0.3) is 21.3 Å². The molecule has 0 spiro atoms. The van der Waals surface area contributed by atoms with Crippen LogP contribution in [0.15, 0.2) is 54.2 Å². The molecule has 146 valence electrons. The lowest BCUT2D eigenvalue weighted by molar-refractivity contribution is 0.781. The number of aromatic nitrogens is 4. The van der Waals surface area contributed by atoms with Gasteiger partial charge in [-0.05, 0) is 25.0 Å². The van der Waals surface area contributed by atoms with Crippen LogP contribution < -0.4 is 9.80 Å². The van der Waals surface area contributed by atoms with E-state index in [1.807, 2.05) is 13.0 Å². The van der Waals surface area contributed by atoms with Gasteiger partial charge in [-0.1, -0.05) is 30.3 Å². The van der Waals surface area contributed by atoms with Gasteiger partial charge in [-0.3, -0.25) is 0 Å². The van der Waals surface area contributed by atoms with Gasteiger partial charge in [-0.15, -0.1) is 11.3 Å². The first kappa shape index (κ1) is 18.0. The molecule has 1 fully saturated rings. The molecule has 0 saturated carbocycles. The molecule has 0 radical (unpaired) electrons. The van der Waals surface area contributed by atoms with Crippen LogP contribution in [0.4, 0.5) is 11.8 Å². The van der Waals surface area contributed by atoms with E-state index >= 15 is 0 Å². The Hall–Kier alpha value is -3.06. The quantitative estimate of drug-likeness (QED) is 0.513. The van der Waals surface area contributed by atoms with Crippen molar-refractivity contribution in [1.82, 2.24) is 19.9 Å². The molecule has 1 aliphatic rings. The summed E-state index contributed by atoms with van der Waals surface area (Å²) in [7, 11) is 0. The topological polar surface area (TPSA) is 58.0 Å². The molecule has 0 N–H and O–H groups in total. The zero-order valence-electron chi connectivity index (χ0n) is 16.3. The fraction of sp³-hybridized carbons (Fsp3) is 0.273. The van der Waals surface area contributed by atoms with Gasteiger partial charge in [0.2, 0.25) is 5.95 Å². The van der Waals surface area contributed by atoms with Crippen LogP contribution in [-0.2, 0) is 0 Å². The first-order valence-electron chi connectivity index (χ1n) is 9.88. The third-order valence-electron chi connectivity index (χ3n) is 5.24. The molecule has 5 rings (SSSR count). The second kappa shape index (κ2) is 7.75. The first-order valence-corrected chi connectivity index (χ1v) is 10.8. The molecule has 0 bridgehead atoms. The molecule has 0 atom stereocenters. The van der Waals surface area contributed by atoms with Crippen molar-refractivity contribution >= 4 is 33.3 Å². The smallest absolute Gasteiger partial charge is 0.225 e. The highest BCUT2D eigenvalue weighted by Gasteiger charge is 2.22. The molecule has 4 aromatic rings. The number of aryl methyl sites for hydroxylation is 1. The molecule has 0 amide bonds. The molecule has 7 heteroatoms. The maximum Gasteiger partial charge on any atom is 0.225 e. The molecule has 1 aliphatic heterocycles. The van der Waals surface area contributed by atoms with Gasteiger partial charge in [0.05, 0.1) is 5.39 Å². The lowest BCUT2D eigenvalue weighted by Gasteiger charge is -2.24. The summed E-state index contributed by atoms with van der Waals surface area (Å²) in [5.41, 5.74) is 2.43. The second-order valence-electron chi connectivity index (χ2n) is 7.17. The molecule has 3 aromatic heterocycles. The van der Waals surface area contributed by atoms with Gasteiger partial charge < -0.3 is 9.80 Å². The molecule has 6 nitrogen and oxygen atoms in total.